The van der Waals surface area contributed by atoms with Crippen LogP contribution in [0.5, 0.6) is 11.5 Å². The maximum absolute atomic E-state index is 13.6. The van der Waals surface area contributed by atoms with Crippen LogP contribution in [0.1, 0.15) is 11.1 Å². The molecular weight excluding hydrogens is 478 g/mol. The molecule has 5 aromatic rings. The summed E-state index contributed by atoms with van der Waals surface area (Å²) in [6, 6.07) is 17.3. The topological polar surface area (TPSA) is 66.2 Å². The number of halogens is 1. The molecule has 6 nitrogen and oxygen atoms in total. The van der Waals surface area contributed by atoms with Crippen LogP contribution in [0.25, 0.3) is 20.4 Å². The molecule has 0 saturated carbocycles. The number of pyridine rings is 1. The van der Waals surface area contributed by atoms with E-state index in [2.05, 4.69) is 4.98 Å². The first kappa shape index (κ1) is 20.5. The molecule has 3 aromatic heterocycles. The van der Waals surface area contributed by atoms with Crippen molar-refractivity contribution in [2.75, 3.05) is 6.79 Å². The first-order valence-corrected chi connectivity index (χ1v) is 12.4. The van der Waals surface area contributed by atoms with E-state index in [0.29, 0.717) is 44.2 Å². The van der Waals surface area contributed by atoms with E-state index in [1.165, 1.54) is 23.1 Å². The standard InChI is InChI=1S/C24H16ClN3O3S2/c25-16-4-1-3-15(9-16)12-32-24-27-20-17-5-2-8-26-22(17)33-21(20)23(29)28(24)11-14-6-7-18-19(10-14)31-13-30-18/h1-10H,11-13H2. The molecule has 0 N–H and O–H groups in total. The zero-order chi connectivity index (χ0) is 22.4. The maximum atomic E-state index is 13.6. The van der Waals surface area contributed by atoms with E-state index in [4.69, 9.17) is 26.1 Å². The van der Waals surface area contributed by atoms with Crippen molar-refractivity contribution >= 4 is 55.1 Å². The number of fused-ring (bicyclic) bond motifs is 4. The maximum Gasteiger partial charge on any atom is 0.272 e. The molecule has 164 valence electrons. The van der Waals surface area contributed by atoms with E-state index in [1.54, 1.807) is 10.8 Å². The Morgan fingerprint density at radius 3 is 2.88 bits per heavy atom. The average molecular weight is 494 g/mol. The smallest absolute Gasteiger partial charge is 0.272 e. The van der Waals surface area contributed by atoms with Gasteiger partial charge in [-0.2, -0.15) is 0 Å². The van der Waals surface area contributed by atoms with E-state index in [9.17, 15) is 4.79 Å². The molecule has 0 fully saturated rings. The number of thioether (sulfide) groups is 1. The lowest BCUT2D eigenvalue weighted by atomic mass is 10.2. The van der Waals surface area contributed by atoms with Gasteiger partial charge in [-0.05, 0) is 47.5 Å². The Kier molecular flexibility index (Phi) is 5.21. The molecule has 4 heterocycles. The van der Waals surface area contributed by atoms with Crippen molar-refractivity contribution in [2.45, 2.75) is 17.5 Å². The van der Waals surface area contributed by atoms with E-state index in [0.717, 1.165) is 21.3 Å². The quantitative estimate of drug-likeness (QED) is 0.230. The highest BCUT2D eigenvalue weighted by molar-refractivity contribution is 7.98. The van der Waals surface area contributed by atoms with Crippen molar-refractivity contribution in [3.05, 3.63) is 87.3 Å². The summed E-state index contributed by atoms with van der Waals surface area (Å²) in [5.41, 5.74) is 2.62. The van der Waals surface area contributed by atoms with E-state index in [1.807, 2.05) is 54.6 Å². The molecule has 0 aliphatic carbocycles. The molecule has 0 unspecified atom stereocenters. The molecule has 0 spiro atoms. The van der Waals surface area contributed by atoms with Gasteiger partial charge < -0.3 is 9.47 Å². The zero-order valence-corrected chi connectivity index (χ0v) is 19.5. The van der Waals surface area contributed by atoms with Crippen molar-refractivity contribution in [1.29, 1.82) is 0 Å². The summed E-state index contributed by atoms with van der Waals surface area (Å²) in [7, 11) is 0. The van der Waals surface area contributed by atoms with Gasteiger partial charge in [0, 0.05) is 22.4 Å². The van der Waals surface area contributed by atoms with Crippen LogP contribution in [-0.2, 0) is 12.3 Å². The number of thiophene rings is 1. The number of hydrogen-bond donors (Lipinski definition) is 0. The van der Waals surface area contributed by atoms with Crippen molar-refractivity contribution in [1.82, 2.24) is 14.5 Å². The average Bonchev–Trinajstić information content (AvgIpc) is 3.44. The molecule has 0 bridgehead atoms. The molecule has 33 heavy (non-hydrogen) atoms. The summed E-state index contributed by atoms with van der Waals surface area (Å²) in [5.74, 6) is 2.04. The fraction of sp³-hybridized carbons (Fsp3) is 0.125. The first-order valence-electron chi connectivity index (χ1n) is 10.2. The second kappa shape index (κ2) is 8.37. The Morgan fingerprint density at radius 2 is 1.97 bits per heavy atom. The summed E-state index contributed by atoms with van der Waals surface area (Å²) in [6.07, 6.45) is 1.73. The third-order valence-electron chi connectivity index (χ3n) is 5.35. The van der Waals surface area contributed by atoms with Crippen LogP contribution < -0.4 is 15.0 Å². The minimum absolute atomic E-state index is 0.0748. The van der Waals surface area contributed by atoms with Gasteiger partial charge in [0.25, 0.3) is 5.56 Å². The van der Waals surface area contributed by atoms with Crippen LogP contribution in [0.15, 0.2) is 70.7 Å². The molecular formula is C24H16ClN3O3S2. The molecule has 0 radical (unpaired) electrons. The van der Waals surface area contributed by atoms with Gasteiger partial charge in [-0.3, -0.25) is 9.36 Å². The molecule has 0 atom stereocenters. The highest BCUT2D eigenvalue weighted by Crippen LogP contribution is 2.34. The number of rotatable bonds is 5. The predicted octanol–water partition coefficient (Wildman–Crippen LogP) is 5.73. The van der Waals surface area contributed by atoms with Crippen LogP contribution in [0, 0.1) is 0 Å². The summed E-state index contributed by atoms with van der Waals surface area (Å²) in [6.45, 7) is 0.583. The van der Waals surface area contributed by atoms with E-state index < -0.39 is 0 Å². The van der Waals surface area contributed by atoms with Gasteiger partial charge in [0.1, 0.15) is 9.53 Å². The zero-order valence-electron chi connectivity index (χ0n) is 17.2. The number of benzene rings is 2. The van der Waals surface area contributed by atoms with Crippen LogP contribution in [0.2, 0.25) is 5.02 Å². The normalized spacial score (nSPS) is 12.6. The second-order valence-electron chi connectivity index (χ2n) is 7.53. The Labute approximate surface area is 201 Å². The lowest BCUT2D eigenvalue weighted by Crippen LogP contribution is -2.23. The van der Waals surface area contributed by atoms with E-state index in [-0.39, 0.29) is 12.4 Å². The lowest BCUT2D eigenvalue weighted by molar-refractivity contribution is 0.174. The SMILES string of the molecule is O=c1c2sc3ncccc3c2nc(SCc2cccc(Cl)c2)n1Cc1ccc2c(c1)OCO2. The highest BCUT2D eigenvalue weighted by atomic mass is 35.5. The molecule has 9 heteroatoms. The largest absolute Gasteiger partial charge is 0.454 e. The van der Waals surface area contributed by atoms with E-state index >= 15 is 0 Å². The lowest BCUT2D eigenvalue weighted by Gasteiger charge is -2.13. The van der Waals surface area contributed by atoms with Crippen LogP contribution in [0.3, 0.4) is 0 Å². The van der Waals surface area contributed by atoms with Gasteiger partial charge in [0.15, 0.2) is 16.7 Å². The van der Waals surface area contributed by atoms with Gasteiger partial charge >= 0.3 is 0 Å². The van der Waals surface area contributed by atoms with Crippen LogP contribution in [0.4, 0.5) is 0 Å². The minimum Gasteiger partial charge on any atom is -0.454 e. The third-order valence-corrected chi connectivity index (χ3v) is 7.73. The third kappa shape index (κ3) is 3.84. The van der Waals surface area contributed by atoms with Crippen LogP contribution in [-0.4, -0.2) is 21.3 Å². The molecule has 2 aromatic carbocycles. The van der Waals surface area contributed by atoms with Gasteiger partial charge in [0.2, 0.25) is 6.79 Å². The van der Waals surface area contributed by atoms with Crippen molar-refractivity contribution in [3.63, 3.8) is 0 Å². The molecule has 1 aliphatic heterocycles. The highest BCUT2D eigenvalue weighted by Gasteiger charge is 2.19. The fourth-order valence-corrected chi connectivity index (χ4v) is 5.97. The Bertz CT molecular complexity index is 1580. The van der Waals surface area contributed by atoms with Gasteiger partial charge in [-0.1, -0.05) is 41.6 Å². The molecule has 0 amide bonds. The minimum atomic E-state index is -0.0748. The number of ether oxygens (including phenoxy) is 2. The second-order valence-corrected chi connectivity index (χ2v) is 9.91. The number of nitrogens with zero attached hydrogens (tertiary/aromatic N) is 3. The molecule has 1 aliphatic rings. The van der Waals surface area contributed by atoms with Crippen molar-refractivity contribution in [3.8, 4) is 11.5 Å². The first-order chi connectivity index (χ1) is 16.2. The summed E-state index contributed by atoms with van der Waals surface area (Å²) in [5, 5.41) is 2.23. The summed E-state index contributed by atoms with van der Waals surface area (Å²) < 4.78 is 13.3. The molecule has 6 rings (SSSR count). The fourth-order valence-electron chi connectivity index (χ4n) is 3.79. The Hall–Kier alpha value is -3.07. The van der Waals surface area contributed by atoms with Gasteiger partial charge in [0.05, 0.1) is 12.1 Å². The Balaban J connectivity index is 1.46. The predicted molar refractivity (Wildman–Crippen MR) is 132 cm³/mol. The van der Waals surface area contributed by atoms with Crippen molar-refractivity contribution < 1.29 is 9.47 Å². The Morgan fingerprint density at radius 1 is 1.06 bits per heavy atom. The summed E-state index contributed by atoms with van der Waals surface area (Å²) in [4.78, 5) is 23.8. The molecule has 0 saturated heterocycles. The van der Waals surface area contributed by atoms with Gasteiger partial charge in [-0.25, -0.2) is 9.97 Å². The van der Waals surface area contributed by atoms with Crippen LogP contribution >= 0.6 is 34.7 Å². The summed E-state index contributed by atoms with van der Waals surface area (Å²) >= 11 is 9.05. The number of hydrogen-bond acceptors (Lipinski definition) is 7. The van der Waals surface area contributed by atoms with Crippen molar-refractivity contribution in [2.24, 2.45) is 0 Å². The van der Waals surface area contributed by atoms with Gasteiger partial charge in [-0.15, -0.1) is 11.3 Å². The monoisotopic (exact) mass is 493 g/mol. The number of aromatic nitrogens is 3.